The molecular formula is C23H28N3O6S-. The van der Waals surface area contributed by atoms with Crippen LogP contribution in [0.15, 0.2) is 41.4 Å². The number of pyridine rings is 1. The van der Waals surface area contributed by atoms with Gasteiger partial charge in [0.05, 0.1) is 22.1 Å². The minimum Gasteiger partial charge on any atom is -0.543 e. The molecule has 0 unspecified atom stereocenters. The molecule has 1 aromatic carbocycles. The van der Waals surface area contributed by atoms with Gasteiger partial charge < -0.3 is 15.2 Å². The van der Waals surface area contributed by atoms with Crippen LogP contribution in [0.5, 0.6) is 0 Å². The second kappa shape index (κ2) is 12.1. The van der Waals surface area contributed by atoms with E-state index < -0.39 is 21.9 Å². The molecule has 0 atom stereocenters. The highest BCUT2D eigenvalue weighted by Crippen LogP contribution is 2.15. The van der Waals surface area contributed by atoms with Crippen LogP contribution in [0.25, 0.3) is 0 Å². The number of aryl methyl sites for hydroxylation is 1. The van der Waals surface area contributed by atoms with E-state index in [0.29, 0.717) is 30.5 Å². The molecule has 0 spiro atoms. The number of aromatic nitrogens is 1. The molecule has 9 nitrogen and oxygen atoms in total. The zero-order valence-electron chi connectivity index (χ0n) is 18.7. The van der Waals surface area contributed by atoms with Gasteiger partial charge in [0.1, 0.15) is 0 Å². The maximum absolute atomic E-state index is 12.6. The normalized spacial score (nSPS) is 11.1. The Bertz CT molecular complexity index is 1100. The van der Waals surface area contributed by atoms with Crippen molar-refractivity contribution < 1.29 is 27.9 Å². The molecule has 0 fully saturated rings. The van der Waals surface area contributed by atoms with E-state index in [1.165, 1.54) is 30.3 Å². The molecule has 2 aromatic rings. The molecule has 0 radical (unpaired) electrons. The number of hydrogen-bond acceptors (Lipinski definition) is 7. The van der Waals surface area contributed by atoms with Crippen LogP contribution < -0.4 is 15.1 Å². The number of carboxylic acids is 1. The van der Waals surface area contributed by atoms with Crippen LogP contribution in [-0.4, -0.2) is 37.7 Å². The summed E-state index contributed by atoms with van der Waals surface area (Å²) in [6, 6.07) is 6.52. The zero-order valence-corrected chi connectivity index (χ0v) is 19.5. The van der Waals surface area contributed by atoms with Crippen molar-refractivity contribution in [2.24, 2.45) is 0 Å². The minimum absolute atomic E-state index is 0.0815. The third kappa shape index (κ3) is 7.38. The highest BCUT2D eigenvalue weighted by molar-refractivity contribution is 7.90. The summed E-state index contributed by atoms with van der Waals surface area (Å²) in [4.78, 5) is 39.5. The van der Waals surface area contributed by atoms with Crippen molar-refractivity contribution in [1.29, 1.82) is 0 Å². The van der Waals surface area contributed by atoms with Crippen molar-refractivity contribution in [3.05, 3.63) is 58.9 Å². The van der Waals surface area contributed by atoms with Gasteiger partial charge in [-0.2, -0.15) is 0 Å². The lowest BCUT2D eigenvalue weighted by Gasteiger charge is -2.12. The van der Waals surface area contributed by atoms with Gasteiger partial charge in [0, 0.05) is 18.3 Å². The Morgan fingerprint density at radius 3 is 2.21 bits per heavy atom. The Hall–Kier alpha value is -3.27. The first-order valence-corrected chi connectivity index (χ1v) is 12.3. The van der Waals surface area contributed by atoms with Gasteiger partial charge >= 0.3 is 0 Å². The lowest BCUT2D eigenvalue weighted by Crippen LogP contribution is -2.31. The molecule has 33 heavy (non-hydrogen) atoms. The molecule has 178 valence electrons. The third-order valence-corrected chi connectivity index (χ3v) is 6.29. The molecule has 0 saturated heterocycles. The highest BCUT2D eigenvalue weighted by Gasteiger charge is 2.20. The number of nitrogens with one attached hydrogen (secondary N) is 2. The first kappa shape index (κ1) is 26.0. The minimum atomic E-state index is -4.22. The van der Waals surface area contributed by atoms with E-state index in [1.54, 1.807) is 0 Å². The second-order valence-electron chi connectivity index (χ2n) is 7.54. The van der Waals surface area contributed by atoms with Crippen molar-refractivity contribution in [1.82, 2.24) is 15.0 Å². The number of carboxylic acid groups (broad SMARTS) is 1. The quantitative estimate of drug-likeness (QED) is 0.446. The zero-order chi connectivity index (χ0) is 24.4. The number of aromatic carboxylic acids is 1. The largest absolute Gasteiger partial charge is 0.543 e. The van der Waals surface area contributed by atoms with Crippen LogP contribution in [0, 0.1) is 0 Å². The molecule has 0 bridgehead atoms. The molecule has 0 aliphatic carbocycles. The lowest BCUT2D eigenvalue weighted by molar-refractivity contribution is -0.255. The van der Waals surface area contributed by atoms with Crippen molar-refractivity contribution in [3.63, 3.8) is 0 Å². The van der Waals surface area contributed by atoms with Gasteiger partial charge in [-0.1, -0.05) is 33.1 Å². The van der Waals surface area contributed by atoms with Gasteiger partial charge in [-0.05, 0) is 55.2 Å². The molecule has 2 rings (SSSR count). The van der Waals surface area contributed by atoms with Gasteiger partial charge in [-0.25, -0.2) is 13.1 Å². The fourth-order valence-corrected chi connectivity index (χ4v) is 4.05. The van der Waals surface area contributed by atoms with Crippen molar-refractivity contribution in [2.75, 3.05) is 6.54 Å². The number of carbonyl (C=O) groups is 3. The molecule has 2 N–H and O–H groups in total. The Kier molecular flexibility index (Phi) is 9.53. The molecule has 1 heterocycles. The Morgan fingerprint density at radius 2 is 1.61 bits per heavy atom. The number of benzene rings is 1. The van der Waals surface area contributed by atoms with E-state index in [-0.39, 0.29) is 22.1 Å². The van der Waals surface area contributed by atoms with Gasteiger partial charge in [-0.3, -0.25) is 14.6 Å². The van der Waals surface area contributed by atoms with E-state index in [4.69, 9.17) is 0 Å². The molecule has 0 aliphatic heterocycles. The lowest BCUT2D eigenvalue weighted by atomic mass is 10.0. The fourth-order valence-electron chi connectivity index (χ4n) is 3.08. The average Bonchev–Trinajstić information content (AvgIpc) is 2.79. The first-order chi connectivity index (χ1) is 15.7. The number of rotatable bonds is 12. The van der Waals surface area contributed by atoms with Crippen LogP contribution in [-0.2, 0) is 16.4 Å². The number of amides is 2. The Balaban J connectivity index is 2.15. The van der Waals surface area contributed by atoms with Crippen molar-refractivity contribution in [3.8, 4) is 0 Å². The second-order valence-corrected chi connectivity index (χ2v) is 9.23. The number of carbonyl (C=O) groups excluding carboxylic acids is 3. The third-order valence-electron chi connectivity index (χ3n) is 4.94. The smallest absolute Gasteiger partial charge is 0.266 e. The Morgan fingerprint density at radius 1 is 0.939 bits per heavy atom. The Labute approximate surface area is 193 Å². The summed E-state index contributed by atoms with van der Waals surface area (Å²) < 4.78 is 27.2. The monoisotopic (exact) mass is 474 g/mol. The number of sulfonamides is 1. The van der Waals surface area contributed by atoms with E-state index in [9.17, 15) is 27.9 Å². The molecular weight excluding hydrogens is 446 g/mol. The average molecular weight is 475 g/mol. The molecule has 0 aliphatic rings. The van der Waals surface area contributed by atoms with Crippen LogP contribution in [0.4, 0.5) is 0 Å². The van der Waals surface area contributed by atoms with E-state index >= 15 is 0 Å². The maximum atomic E-state index is 12.6. The summed E-state index contributed by atoms with van der Waals surface area (Å²) in [6.45, 7) is 4.52. The fraction of sp³-hybridized carbons (Fsp3) is 0.391. The molecule has 0 saturated carbocycles. The summed E-state index contributed by atoms with van der Waals surface area (Å²) in [7, 11) is -4.22. The van der Waals surface area contributed by atoms with Gasteiger partial charge in [-0.15, -0.1) is 0 Å². The summed E-state index contributed by atoms with van der Waals surface area (Å²) in [5.41, 5.74) is 0.266. The summed E-state index contributed by atoms with van der Waals surface area (Å²) >= 11 is 0. The van der Waals surface area contributed by atoms with Crippen LogP contribution >= 0.6 is 0 Å². The first-order valence-electron chi connectivity index (χ1n) is 10.8. The SMILES string of the molecule is CCCCCc1cc(C(=O)NS(=O)(=O)c2ccc(C(=O)NCCCC)cc2)cnc1C(=O)[O-]. The standard InChI is InChI=1S/C23H29N3O6S/c1-3-5-7-8-17-14-18(15-25-20(17)23(29)30)22(28)26-33(31,32)19-11-9-16(10-12-19)21(27)24-13-6-4-2/h9-12,14-15H,3-8,13H2,1-2H3,(H,24,27)(H,26,28)(H,29,30)/p-1. The van der Waals surface area contributed by atoms with Crippen molar-refractivity contribution in [2.45, 2.75) is 57.3 Å². The highest BCUT2D eigenvalue weighted by atomic mass is 32.2. The van der Waals surface area contributed by atoms with E-state index in [0.717, 1.165) is 31.9 Å². The number of hydrogen-bond donors (Lipinski definition) is 2. The predicted octanol–water partition coefficient (Wildman–Crippen LogP) is 1.83. The van der Waals surface area contributed by atoms with Gasteiger partial charge in [0.2, 0.25) is 0 Å². The van der Waals surface area contributed by atoms with Crippen molar-refractivity contribution >= 4 is 27.8 Å². The molecule has 1 aromatic heterocycles. The molecule has 2 amide bonds. The summed E-state index contributed by atoms with van der Waals surface area (Å²) in [5.74, 6) is -2.71. The number of unbranched alkanes of at least 4 members (excludes halogenated alkanes) is 3. The predicted molar refractivity (Wildman–Crippen MR) is 120 cm³/mol. The van der Waals surface area contributed by atoms with Gasteiger partial charge in [0.25, 0.3) is 21.8 Å². The van der Waals surface area contributed by atoms with Crippen LogP contribution in [0.1, 0.15) is 82.7 Å². The topological polar surface area (TPSA) is 145 Å². The van der Waals surface area contributed by atoms with Crippen LogP contribution in [0.2, 0.25) is 0 Å². The van der Waals surface area contributed by atoms with E-state index in [1.807, 2.05) is 18.6 Å². The summed E-state index contributed by atoms with van der Waals surface area (Å²) in [5, 5.41) is 14.0. The van der Waals surface area contributed by atoms with E-state index in [2.05, 4.69) is 10.3 Å². The molecule has 10 heteroatoms. The number of nitrogens with zero attached hydrogens (tertiary/aromatic N) is 1. The van der Waals surface area contributed by atoms with Crippen LogP contribution in [0.3, 0.4) is 0 Å². The van der Waals surface area contributed by atoms with Gasteiger partial charge in [0.15, 0.2) is 0 Å². The maximum Gasteiger partial charge on any atom is 0.266 e. The summed E-state index contributed by atoms with van der Waals surface area (Å²) in [6.07, 6.45) is 5.63.